The smallest absolute Gasteiger partial charge is 0.226 e. The normalized spacial score (nSPS) is 30.6. The number of ether oxygens (including phenoxy) is 3. The van der Waals surface area contributed by atoms with Gasteiger partial charge in [-0.25, -0.2) is 0 Å². The van der Waals surface area contributed by atoms with Gasteiger partial charge >= 0.3 is 0 Å². The van der Waals surface area contributed by atoms with E-state index in [2.05, 4.69) is 34.1 Å². The lowest BCUT2D eigenvalue weighted by Gasteiger charge is -2.31. The molecule has 1 aromatic rings. The highest BCUT2D eigenvalue weighted by atomic mass is 16.5. The lowest BCUT2D eigenvalue weighted by atomic mass is 10.1. The minimum atomic E-state index is -0.348. The second kappa shape index (κ2) is 7.63. The molecule has 4 fully saturated rings. The number of carbonyl (C=O) groups excluding carboxylic acids is 1. The first-order valence-corrected chi connectivity index (χ1v) is 10.4. The van der Waals surface area contributed by atoms with Gasteiger partial charge in [0.15, 0.2) is 5.72 Å². The van der Waals surface area contributed by atoms with Crippen molar-refractivity contribution in [2.24, 2.45) is 0 Å². The van der Waals surface area contributed by atoms with Gasteiger partial charge in [0.1, 0.15) is 12.4 Å². The Morgan fingerprint density at radius 1 is 1.07 bits per heavy atom. The number of amides is 1. The fourth-order valence-electron chi connectivity index (χ4n) is 5.11. The van der Waals surface area contributed by atoms with Crippen LogP contribution >= 0.6 is 0 Å². The zero-order valence-corrected chi connectivity index (χ0v) is 16.3. The molecule has 4 heterocycles. The maximum absolute atomic E-state index is 12.3. The third kappa shape index (κ3) is 3.30. The molecule has 7 nitrogen and oxygen atoms in total. The number of hydrogen-bond donors (Lipinski definition) is 0. The zero-order chi connectivity index (χ0) is 19.0. The van der Waals surface area contributed by atoms with Gasteiger partial charge in [0.25, 0.3) is 0 Å². The van der Waals surface area contributed by atoms with Crippen LogP contribution in [0, 0.1) is 0 Å². The minimum Gasteiger partial charge on any atom is -0.492 e. The average Bonchev–Trinajstić information content (AvgIpc) is 3.36. The number of nitrogens with zero attached hydrogens (tertiary/aromatic N) is 3. The van der Waals surface area contributed by atoms with Crippen LogP contribution in [-0.4, -0.2) is 91.5 Å². The standard InChI is InChI=1S/C21H29N3O4/c25-20-15-19-21(24(20)10-14-28-21)5-6-23(19)16-17-1-3-18(4-2-17)27-13-9-22-7-11-26-12-8-22/h1-4,19H,5-16H2/t19-,21+/m1/s1. The van der Waals surface area contributed by atoms with E-state index in [1.807, 2.05) is 4.90 Å². The topological polar surface area (TPSA) is 54.5 Å². The Balaban J connectivity index is 1.14. The van der Waals surface area contributed by atoms with E-state index in [0.717, 1.165) is 64.7 Å². The fourth-order valence-corrected chi connectivity index (χ4v) is 5.11. The summed E-state index contributed by atoms with van der Waals surface area (Å²) in [5.41, 5.74) is 0.904. The zero-order valence-electron chi connectivity index (χ0n) is 16.3. The van der Waals surface area contributed by atoms with Gasteiger partial charge in [-0.05, 0) is 17.7 Å². The van der Waals surface area contributed by atoms with Crippen LogP contribution in [0.4, 0.5) is 0 Å². The summed E-state index contributed by atoms with van der Waals surface area (Å²) in [7, 11) is 0. The van der Waals surface area contributed by atoms with Crippen molar-refractivity contribution < 1.29 is 19.0 Å². The highest BCUT2D eigenvalue weighted by Gasteiger charge is 2.61. The summed E-state index contributed by atoms with van der Waals surface area (Å²) in [4.78, 5) is 19.1. The summed E-state index contributed by atoms with van der Waals surface area (Å²) in [6.45, 7) is 8.51. The van der Waals surface area contributed by atoms with E-state index in [1.54, 1.807) is 0 Å². The van der Waals surface area contributed by atoms with Gasteiger partial charge in [-0.1, -0.05) is 12.1 Å². The molecular formula is C21H29N3O4. The van der Waals surface area contributed by atoms with Gasteiger partial charge < -0.3 is 19.1 Å². The fraction of sp³-hybridized carbons (Fsp3) is 0.667. The Morgan fingerprint density at radius 3 is 2.71 bits per heavy atom. The highest BCUT2D eigenvalue weighted by Crippen LogP contribution is 2.45. The molecule has 4 saturated heterocycles. The van der Waals surface area contributed by atoms with Crippen molar-refractivity contribution in [3.05, 3.63) is 29.8 Å². The van der Waals surface area contributed by atoms with Gasteiger partial charge in [0, 0.05) is 52.1 Å². The van der Waals surface area contributed by atoms with Gasteiger partial charge in [0.05, 0.1) is 25.9 Å². The van der Waals surface area contributed by atoms with Crippen LogP contribution in [0.15, 0.2) is 24.3 Å². The van der Waals surface area contributed by atoms with Crippen LogP contribution in [0.3, 0.4) is 0 Å². The maximum atomic E-state index is 12.3. The number of rotatable bonds is 6. The van der Waals surface area contributed by atoms with Gasteiger partial charge in [-0.2, -0.15) is 0 Å². The molecule has 4 aliphatic rings. The van der Waals surface area contributed by atoms with Crippen LogP contribution < -0.4 is 4.74 Å². The molecule has 0 radical (unpaired) electrons. The van der Waals surface area contributed by atoms with E-state index < -0.39 is 0 Å². The molecule has 1 spiro atoms. The quantitative estimate of drug-likeness (QED) is 0.724. The van der Waals surface area contributed by atoms with Crippen molar-refractivity contribution in [2.75, 3.05) is 59.2 Å². The molecule has 0 aliphatic carbocycles. The second-order valence-corrected chi connectivity index (χ2v) is 8.13. The molecule has 5 rings (SSSR count). The number of likely N-dealkylation sites (tertiary alicyclic amines) is 1. The largest absolute Gasteiger partial charge is 0.492 e. The average molecular weight is 387 g/mol. The lowest BCUT2D eigenvalue weighted by Crippen LogP contribution is -2.47. The molecule has 2 atom stereocenters. The predicted octanol–water partition coefficient (Wildman–Crippen LogP) is 0.931. The highest BCUT2D eigenvalue weighted by molar-refractivity contribution is 5.81. The number of carbonyl (C=O) groups is 1. The minimum absolute atomic E-state index is 0.187. The lowest BCUT2D eigenvalue weighted by molar-refractivity contribution is -0.136. The first-order chi connectivity index (χ1) is 13.7. The first-order valence-electron chi connectivity index (χ1n) is 10.4. The van der Waals surface area contributed by atoms with Gasteiger partial charge in [0.2, 0.25) is 5.91 Å². The van der Waals surface area contributed by atoms with Gasteiger partial charge in [-0.15, -0.1) is 0 Å². The van der Waals surface area contributed by atoms with Crippen molar-refractivity contribution in [1.29, 1.82) is 0 Å². The Bertz CT molecular complexity index is 706. The molecule has 0 N–H and O–H groups in total. The molecule has 1 amide bonds. The van der Waals surface area contributed by atoms with E-state index in [4.69, 9.17) is 14.2 Å². The van der Waals surface area contributed by atoms with E-state index in [1.165, 1.54) is 5.56 Å². The molecule has 28 heavy (non-hydrogen) atoms. The Kier molecular flexibility index (Phi) is 5.00. The van der Waals surface area contributed by atoms with Crippen LogP contribution in [0.2, 0.25) is 0 Å². The van der Waals surface area contributed by atoms with Crippen molar-refractivity contribution in [3.8, 4) is 5.75 Å². The van der Waals surface area contributed by atoms with E-state index in [-0.39, 0.29) is 17.7 Å². The Hall–Kier alpha value is -1.67. The molecular weight excluding hydrogens is 358 g/mol. The Labute approximate surface area is 166 Å². The predicted molar refractivity (Wildman–Crippen MR) is 103 cm³/mol. The van der Waals surface area contributed by atoms with E-state index in [0.29, 0.717) is 19.6 Å². The Morgan fingerprint density at radius 2 is 1.89 bits per heavy atom. The SMILES string of the molecule is O=C1C[C@H]2N(Cc3ccc(OCCN4CCOCC4)cc3)CC[C@]23OCCN13. The molecule has 152 valence electrons. The number of morpholine rings is 1. The van der Waals surface area contributed by atoms with E-state index in [9.17, 15) is 4.79 Å². The molecule has 0 bridgehead atoms. The van der Waals surface area contributed by atoms with Crippen LogP contribution in [0.5, 0.6) is 5.75 Å². The van der Waals surface area contributed by atoms with Crippen LogP contribution in [0.1, 0.15) is 18.4 Å². The molecule has 4 aliphatic heterocycles. The number of hydrogen-bond acceptors (Lipinski definition) is 6. The summed E-state index contributed by atoms with van der Waals surface area (Å²) in [5, 5.41) is 0. The molecule has 7 heteroatoms. The third-order valence-electron chi connectivity index (χ3n) is 6.60. The summed E-state index contributed by atoms with van der Waals surface area (Å²) in [5.74, 6) is 1.16. The van der Waals surface area contributed by atoms with Crippen molar-refractivity contribution >= 4 is 5.91 Å². The van der Waals surface area contributed by atoms with Crippen molar-refractivity contribution in [2.45, 2.75) is 31.2 Å². The molecule has 0 unspecified atom stereocenters. The van der Waals surface area contributed by atoms with Crippen molar-refractivity contribution in [3.63, 3.8) is 0 Å². The monoisotopic (exact) mass is 387 g/mol. The maximum Gasteiger partial charge on any atom is 0.226 e. The summed E-state index contributed by atoms with van der Waals surface area (Å²) in [6, 6.07) is 8.57. The summed E-state index contributed by atoms with van der Waals surface area (Å²) in [6.07, 6.45) is 1.51. The van der Waals surface area contributed by atoms with Crippen molar-refractivity contribution in [1.82, 2.24) is 14.7 Å². The molecule has 1 aromatic carbocycles. The third-order valence-corrected chi connectivity index (χ3v) is 6.60. The van der Waals surface area contributed by atoms with Crippen LogP contribution in [0.25, 0.3) is 0 Å². The van der Waals surface area contributed by atoms with E-state index >= 15 is 0 Å². The number of benzene rings is 1. The molecule has 0 saturated carbocycles. The summed E-state index contributed by atoms with van der Waals surface area (Å²) < 4.78 is 17.3. The molecule has 0 aromatic heterocycles. The van der Waals surface area contributed by atoms with Gasteiger partial charge in [-0.3, -0.25) is 14.6 Å². The summed E-state index contributed by atoms with van der Waals surface area (Å²) >= 11 is 0. The van der Waals surface area contributed by atoms with Crippen LogP contribution in [-0.2, 0) is 20.8 Å². The second-order valence-electron chi connectivity index (χ2n) is 8.13. The first kappa shape index (κ1) is 18.4.